The van der Waals surface area contributed by atoms with E-state index < -0.39 is 5.97 Å². The van der Waals surface area contributed by atoms with E-state index in [-0.39, 0.29) is 5.78 Å². The third kappa shape index (κ3) is 3.39. The van der Waals surface area contributed by atoms with Gasteiger partial charge >= 0.3 is 5.97 Å². The van der Waals surface area contributed by atoms with Crippen molar-refractivity contribution in [3.63, 3.8) is 0 Å². The van der Waals surface area contributed by atoms with Crippen molar-refractivity contribution < 1.29 is 14.3 Å². The van der Waals surface area contributed by atoms with Gasteiger partial charge in [0, 0.05) is 17.0 Å². The van der Waals surface area contributed by atoms with Gasteiger partial charge in [-0.25, -0.2) is 4.79 Å². The lowest BCUT2D eigenvalue weighted by Gasteiger charge is -2.07. The quantitative estimate of drug-likeness (QED) is 0.326. The first kappa shape index (κ1) is 17.2. The predicted molar refractivity (Wildman–Crippen MR) is 109 cm³/mol. The zero-order valence-electron chi connectivity index (χ0n) is 14.6. The highest BCUT2D eigenvalue weighted by atomic mass is 32.1. The van der Waals surface area contributed by atoms with Gasteiger partial charge in [0.25, 0.3) is 0 Å². The Hall–Kier alpha value is -3.24. The second-order valence-corrected chi connectivity index (χ2v) is 7.20. The molecule has 0 atom stereocenters. The van der Waals surface area contributed by atoms with E-state index >= 15 is 0 Å². The molecule has 0 aliphatic heterocycles. The second-order valence-electron chi connectivity index (χ2n) is 6.15. The van der Waals surface area contributed by atoms with Crippen LogP contribution in [0.25, 0.3) is 21.2 Å². The molecular weight excluding hydrogens is 356 g/mol. The topological polar surface area (TPSA) is 43.4 Å². The molecule has 27 heavy (non-hydrogen) atoms. The van der Waals surface area contributed by atoms with Gasteiger partial charge in [0.2, 0.25) is 0 Å². The Bertz CT molecular complexity index is 1130. The summed E-state index contributed by atoms with van der Waals surface area (Å²) < 4.78 is 6.56. The Balaban J connectivity index is 1.64. The summed E-state index contributed by atoms with van der Waals surface area (Å²) in [6.45, 7) is 1.48. The lowest BCUT2D eigenvalue weighted by Crippen LogP contribution is -2.09. The number of benzene rings is 3. The number of fused-ring (bicyclic) bond motifs is 1. The molecule has 132 valence electrons. The molecule has 0 amide bonds. The van der Waals surface area contributed by atoms with Crippen molar-refractivity contribution in [3.05, 3.63) is 89.3 Å². The Morgan fingerprint density at radius 2 is 1.41 bits per heavy atom. The number of esters is 1. The van der Waals surface area contributed by atoms with Gasteiger partial charge in [0.15, 0.2) is 11.5 Å². The van der Waals surface area contributed by atoms with E-state index in [4.69, 9.17) is 4.74 Å². The van der Waals surface area contributed by atoms with Crippen LogP contribution in [0, 0.1) is 0 Å². The number of Topliss-reactive ketones (excluding diaryl/α,β-unsaturated/α-hetero) is 1. The van der Waals surface area contributed by atoms with Crippen LogP contribution in [-0.4, -0.2) is 11.8 Å². The summed E-state index contributed by atoms with van der Waals surface area (Å²) >= 11 is 1.34. The monoisotopic (exact) mass is 372 g/mol. The van der Waals surface area contributed by atoms with E-state index in [0.29, 0.717) is 16.2 Å². The predicted octanol–water partition coefficient (Wildman–Crippen LogP) is 5.99. The lowest BCUT2D eigenvalue weighted by molar-refractivity contribution is 0.0736. The van der Waals surface area contributed by atoms with Crippen LogP contribution in [0.4, 0.5) is 0 Å². The second kappa shape index (κ2) is 7.17. The maximum atomic E-state index is 12.6. The molecule has 0 aliphatic rings. The van der Waals surface area contributed by atoms with E-state index in [0.717, 1.165) is 21.2 Å². The molecule has 0 unspecified atom stereocenters. The van der Waals surface area contributed by atoms with Crippen LogP contribution in [0.5, 0.6) is 5.75 Å². The molecule has 0 aliphatic carbocycles. The molecule has 4 rings (SSSR count). The van der Waals surface area contributed by atoms with E-state index in [9.17, 15) is 9.59 Å². The lowest BCUT2D eigenvalue weighted by atomic mass is 10.0. The summed E-state index contributed by atoms with van der Waals surface area (Å²) in [5, 5.41) is 0.780. The van der Waals surface area contributed by atoms with Gasteiger partial charge in [-0.2, -0.15) is 0 Å². The van der Waals surface area contributed by atoms with Crippen LogP contribution in [-0.2, 0) is 0 Å². The van der Waals surface area contributed by atoms with Crippen molar-refractivity contribution in [2.24, 2.45) is 0 Å². The summed E-state index contributed by atoms with van der Waals surface area (Å²) in [5.41, 5.74) is 2.55. The minimum atomic E-state index is -0.472. The third-order valence-electron chi connectivity index (χ3n) is 4.29. The van der Waals surface area contributed by atoms with Crippen LogP contribution in [0.15, 0.2) is 78.9 Å². The van der Waals surface area contributed by atoms with Gasteiger partial charge in [-0.05, 0) is 35.4 Å². The maximum Gasteiger partial charge on any atom is 0.343 e. The molecule has 3 aromatic carbocycles. The molecule has 0 fully saturated rings. The molecule has 0 N–H and O–H groups in total. The van der Waals surface area contributed by atoms with Crippen LogP contribution in [0.3, 0.4) is 0 Å². The van der Waals surface area contributed by atoms with Gasteiger partial charge in [0.05, 0.1) is 5.56 Å². The first-order valence-electron chi connectivity index (χ1n) is 8.53. The molecular formula is C23H16O3S. The zero-order chi connectivity index (χ0) is 18.8. The summed E-state index contributed by atoms with van der Waals surface area (Å²) in [7, 11) is 0. The van der Waals surface area contributed by atoms with E-state index in [1.165, 1.54) is 18.3 Å². The molecule has 0 spiro atoms. The molecule has 0 bridgehead atoms. The van der Waals surface area contributed by atoms with E-state index in [1.807, 2.05) is 66.7 Å². The maximum absolute atomic E-state index is 12.6. The van der Waals surface area contributed by atoms with Crippen molar-refractivity contribution in [2.45, 2.75) is 6.92 Å². The minimum absolute atomic E-state index is 0.113. The van der Waals surface area contributed by atoms with Gasteiger partial charge < -0.3 is 4.74 Å². The number of carbonyl (C=O) groups excluding carboxylic acids is 2. The van der Waals surface area contributed by atoms with Gasteiger partial charge in [-0.15, -0.1) is 11.3 Å². The van der Waals surface area contributed by atoms with Crippen LogP contribution in [0.2, 0.25) is 0 Å². The normalized spacial score (nSPS) is 10.7. The SMILES string of the molecule is CC(=O)c1sc2ccccc2c1OC(=O)c1ccc(-c2ccccc2)cc1. The number of ketones is 1. The Morgan fingerprint density at radius 3 is 2.11 bits per heavy atom. The molecule has 4 heteroatoms. The molecule has 0 saturated carbocycles. The fourth-order valence-electron chi connectivity index (χ4n) is 2.94. The van der Waals surface area contributed by atoms with Gasteiger partial charge in [-0.3, -0.25) is 4.79 Å². The van der Waals surface area contributed by atoms with Crippen molar-refractivity contribution in [1.82, 2.24) is 0 Å². The molecule has 1 aromatic heterocycles. The third-order valence-corrected chi connectivity index (χ3v) is 5.55. The number of hydrogen-bond acceptors (Lipinski definition) is 4. The smallest absolute Gasteiger partial charge is 0.343 e. The van der Waals surface area contributed by atoms with Crippen LogP contribution in [0.1, 0.15) is 27.0 Å². The number of rotatable bonds is 4. The zero-order valence-corrected chi connectivity index (χ0v) is 15.5. The molecule has 0 saturated heterocycles. The highest BCUT2D eigenvalue weighted by Crippen LogP contribution is 2.38. The standard InChI is InChI=1S/C23H16O3S/c1-15(24)22-21(19-9-5-6-10-20(19)27-22)26-23(25)18-13-11-17(12-14-18)16-7-3-2-4-8-16/h2-14H,1H3. The summed E-state index contributed by atoms with van der Waals surface area (Å²) in [5.74, 6) is -0.237. The number of thiophene rings is 1. The van der Waals surface area contributed by atoms with Crippen molar-refractivity contribution in [3.8, 4) is 16.9 Å². The minimum Gasteiger partial charge on any atom is -0.421 e. The summed E-state index contributed by atoms with van der Waals surface area (Å²) in [6.07, 6.45) is 0. The largest absolute Gasteiger partial charge is 0.421 e. The van der Waals surface area contributed by atoms with Crippen molar-refractivity contribution in [1.29, 1.82) is 0 Å². The number of ether oxygens (including phenoxy) is 1. The van der Waals surface area contributed by atoms with Crippen molar-refractivity contribution >= 4 is 33.2 Å². The Morgan fingerprint density at radius 1 is 0.778 bits per heavy atom. The Kier molecular flexibility index (Phi) is 4.57. The fourth-order valence-corrected chi connectivity index (χ4v) is 3.96. The molecule has 3 nitrogen and oxygen atoms in total. The highest BCUT2D eigenvalue weighted by Gasteiger charge is 2.20. The van der Waals surface area contributed by atoms with Crippen LogP contribution >= 0.6 is 11.3 Å². The van der Waals surface area contributed by atoms with E-state index in [1.54, 1.807) is 12.1 Å². The van der Waals surface area contributed by atoms with Crippen molar-refractivity contribution in [2.75, 3.05) is 0 Å². The van der Waals surface area contributed by atoms with Gasteiger partial charge in [0.1, 0.15) is 4.88 Å². The number of carbonyl (C=O) groups is 2. The molecule has 1 heterocycles. The fraction of sp³-hybridized carbons (Fsp3) is 0.0435. The summed E-state index contributed by atoms with van der Waals surface area (Å²) in [4.78, 5) is 25.1. The molecule has 0 radical (unpaired) electrons. The highest BCUT2D eigenvalue weighted by molar-refractivity contribution is 7.21. The first-order chi connectivity index (χ1) is 13.1. The van der Waals surface area contributed by atoms with E-state index in [2.05, 4.69) is 0 Å². The average Bonchev–Trinajstić information content (AvgIpc) is 3.08. The average molecular weight is 372 g/mol. The van der Waals surface area contributed by atoms with Gasteiger partial charge in [-0.1, -0.05) is 54.6 Å². The first-order valence-corrected chi connectivity index (χ1v) is 9.35. The number of hydrogen-bond donors (Lipinski definition) is 0. The Labute approximate surface area is 160 Å². The van der Waals surface area contributed by atoms with Crippen LogP contribution < -0.4 is 4.74 Å². The molecule has 4 aromatic rings. The summed E-state index contributed by atoms with van der Waals surface area (Å²) in [6, 6.07) is 24.8.